The van der Waals surface area contributed by atoms with Crippen LogP contribution in [0.15, 0.2) is 12.7 Å². The molecule has 0 amide bonds. The number of hydrogen-bond acceptors (Lipinski definition) is 4. The van der Waals surface area contributed by atoms with E-state index in [4.69, 9.17) is 0 Å². The van der Waals surface area contributed by atoms with Crippen LogP contribution in [0.1, 0.15) is 0 Å². The Bertz CT molecular complexity index is 117. The van der Waals surface area contributed by atoms with Gasteiger partial charge in [0.1, 0.15) is 0 Å². The van der Waals surface area contributed by atoms with Gasteiger partial charge in [-0.05, 0) is 6.04 Å². The highest BCUT2D eigenvalue weighted by Gasteiger charge is 2.09. The summed E-state index contributed by atoms with van der Waals surface area (Å²) in [6, 6.07) is 1.02. The number of rotatable bonds is 6. The largest absolute Gasteiger partial charge is 0.263 e. The fourth-order valence-electron chi connectivity index (χ4n) is 0.924. The van der Waals surface area contributed by atoms with Crippen LogP contribution in [0.2, 0.25) is 6.04 Å². The summed E-state index contributed by atoms with van der Waals surface area (Å²) in [7, 11) is 6.89. The Balaban J connectivity index is 3.77. The summed E-state index contributed by atoms with van der Waals surface area (Å²) in [5.74, 6) is 0. The summed E-state index contributed by atoms with van der Waals surface area (Å²) in [6.07, 6.45) is 1.95. The quantitative estimate of drug-likeness (QED) is 0.335. The highest BCUT2D eigenvalue weighted by atomic mass is 28.3. The number of hydrogen-bond donors (Lipinski definition) is 2. The third kappa shape index (κ3) is 6.50. The van der Waals surface area contributed by atoms with E-state index in [9.17, 15) is 0 Å². The van der Waals surface area contributed by atoms with Crippen LogP contribution >= 0.6 is 0 Å². The zero-order valence-electron chi connectivity index (χ0n) is 8.46. The van der Waals surface area contributed by atoms with Gasteiger partial charge in [-0.15, -0.1) is 6.58 Å². The topological polar surface area (TPSA) is 30.5 Å². The molecule has 0 aromatic carbocycles. The molecule has 0 saturated heterocycles. The fraction of sp³-hybridized carbons (Fsp3) is 0.714. The molecular weight excluding hydrogens is 168 g/mol. The van der Waals surface area contributed by atoms with Crippen molar-refractivity contribution in [2.24, 2.45) is 0 Å². The predicted octanol–water partition coefficient (Wildman–Crippen LogP) is -0.475. The molecule has 0 heterocycles. The summed E-state index contributed by atoms with van der Waals surface area (Å²) in [4.78, 5) is 0. The van der Waals surface area contributed by atoms with Crippen molar-refractivity contribution in [3.8, 4) is 0 Å². The summed E-state index contributed by atoms with van der Waals surface area (Å²) in [5, 5.41) is 10.7. The maximum Gasteiger partial charge on any atom is 0.215 e. The highest BCUT2D eigenvalue weighted by Crippen LogP contribution is 1.86. The zero-order chi connectivity index (χ0) is 9.56. The van der Waals surface area contributed by atoms with Gasteiger partial charge in [-0.2, -0.15) is 0 Å². The van der Waals surface area contributed by atoms with E-state index < -0.39 is 9.12 Å². The van der Waals surface area contributed by atoms with Gasteiger partial charge < -0.3 is 0 Å². The Morgan fingerprint density at radius 2 is 1.58 bits per heavy atom. The minimum Gasteiger partial charge on any atom is -0.263 e. The maximum atomic E-state index is 3.73. The Kier molecular flexibility index (Phi) is 6.22. The molecule has 0 bridgehead atoms. The minimum atomic E-state index is -1.12. The molecule has 0 radical (unpaired) electrons. The normalized spacial score (nSPS) is 11.6. The lowest BCUT2D eigenvalue weighted by molar-refractivity contribution is 0.325. The Morgan fingerprint density at radius 3 is 1.83 bits per heavy atom. The number of hydrazine groups is 2. The summed E-state index contributed by atoms with van der Waals surface area (Å²) >= 11 is 0. The first-order valence-electron chi connectivity index (χ1n) is 4.04. The fourth-order valence-corrected chi connectivity index (χ4v) is 2.77. The van der Waals surface area contributed by atoms with Crippen LogP contribution in [0, 0.1) is 0 Å². The minimum absolute atomic E-state index is 1.02. The molecule has 5 heteroatoms. The monoisotopic (exact) mass is 188 g/mol. The smallest absolute Gasteiger partial charge is 0.215 e. The molecule has 0 spiro atoms. The lowest BCUT2D eigenvalue weighted by Crippen LogP contribution is -2.56. The van der Waals surface area contributed by atoms with Crippen LogP contribution in [0.5, 0.6) is 0 Å². The van der Waals surface area contributed by atoms with Crippen LogP contribution in [-0.4, -0.2) is 47.3 Å². The molecule has 0 aliphatic carbocycles. The number of nitrogens with one attached hydrogen (secondary N) is 2. The number of allylic oxidation sites excluding steroid dienone is 1. The second-order valence-corrected chi connectivity index (χ2v) is 5.22. The van der Waals surface area contributed by atoms with E-state index in [1.807, 2.05) is 44.3 Å². The van der Waals surface area contributed by atoms with Gasteiger partial charge in [0, 0.05) is 28.2 Å². The second-order valence-electron chi connectivity index (χ2n) is 3.12. The first-order valence-corrected chi connectivity index (χ1v) is 6.01. The van der Waals surface area contributed by atoms with Crippen molar-refractivity contribution in [1.82, 2.24) is 20.2 Å². The van der Waals surface area contributed by atoms with Gasteiger partial charge >= 0.3 is 0 Å². The third-order valence-electron chi connectivity index (χ3n) is 1.23. The molecule has 72 valence electrons. The van der Waals surface area contributed by atoms with Gasteiger partial charge in [0.25, 0.3) is 0 Å². The lowest BCUT2D eigenvalue weighted by Gasteiger charge is -2.24. The van der Waals surface area contributed by atoms with Crippen LogP contribution in [0.25, 0.3) is 0 Å². The molecule has 0 fully saturated rings. The lowest BCUT2D eigenvalue weighted by atomic mass is 10.8. The van der Waals surface area contributed by atoms with E-state index in [1.165, 1.54) is 0 Å². The molecule has 0 aromatic rings. The number of nitrogens with zero attached hydrogens (tertiary/aromatic N) is 2. The van der Waals surface area contributed by atoms with E-state index in [0.29, 0.717) is 0 Å². The zero-order valence-corrected chi connectivity index (χ0v) is 9.62. The molecule has 2 N–H and O–H groups in total. The molecule has 0 rings (SSSR count). The Hall–Kier alpha value is -0.203. The van der Waals surface area contributed by atoms with Crippen molar-refractivity contribution in [3.63, 3.8) is 0 Å². The van der Waals surface area contributed by atoms with Crippen molar-refractivity contribution in [2.75, 3.05) is 28.2 Å². The van der Waals surface area contributed by atoms with Crippen molar-refractivity contribution >= 4 is 9.12 Å². The molecule has 0 atom stereocenters. The molecule has 0 aliphatic rings. The van der Waals surface area contributed by atoms with Crippen molar-refractivity contribution < 1.29 is 0 Å². The summed E-state index contributed by atoms with van der Waals surface area (Å²) in [6.45, 7) is 3.73. The van der Waals surface area contributed by atoms with Crippen LogP contribution in [0.4, 0.5) is 0 Å². The average Bonchev–Trinajstić information content (AvgIpc) is 1.84. The third-order valence-corrected chi connectivity index (χ3v) is 3.69. The average molecular weight is 188 g/mol. The SMILES string of the molecule is C=CC[SiH](NN(C)C)NN(C)C. The van der Waals surface area contributed by atoms with Crippen LogP contribution in [-0.2, 0) is 0 Å². The molecule has 12 heavy (non-hydrogen) atoms. The maximum absolute atomic E-state index is 3.73. The summed E-state index contributed by atoms with van der Waals surface area (Å²) in [5.41, 5.74) is 0. The van der Waals surface area contributed by atoms with Gasteiger partial charge in [-0.25, -0.2) is 0 Å². The van der Waals surface area contributed by atoms with E-state index >= 15 is 0 Å². The van der Waals surface area contributed by atoms with Gasteiger partial charge in [-0.3, -0.25) is 20.2 Å². The Morgan fingerprint density at radius 1 is 1.17 bits per heavy atom. The van der Waals surface area contributed by atoms with Crippen molar-refractivity contribution in [2.45, 2.75) is 6.04 Å². The predicted molar refractivity (Wildman–Crippen MR) is 55.8 cm³/mol. The van der Waals surface area contributed by atoms with Crippen LogP contribution < -0.4 is 10.2 Å². The standard InChI is InChI=1S/C7H20N4Si/c1-6-7-12(8-10(2)3)9-11(4)5/h6,8-9,12H,1,7H2,2-5H3. The van der Waals surface area contributed by atoms with Gasteiger partial charge in [0.05, 0.1) is 0 Å². The van der Waals surface area contributed by atoms with E-state index in [-0.39, 0.29) is 0 Å². The first-order chi connectivity index (χ1) is 5.56. The molecule has 0 aromatic heterocycles. The van der Waals surface area contributed by atoms with Gasteiger partial charge in [0.2, 0.25) is 9.12 Å². The molecule has 4 nitrogen and oxygen atoms in total. The summed E-state index contributed by atoms with van der Waals surface area (Å²) < 4.78 is 0. The molecule has 0 unspecified atom stereocenters. The highest BCUT2D eigenvalue weighted by molar-refractivity contribution is 6.53. The van der Waals surface area contributed by atoms with Gasteiger partial charge in [0.15, 0.2) is 0 Å². The van der Waals surface area contributed by atoms with E-state index in [0.717, 1.165) is 6.04 Å². The Labute approximate surface area is 76.9 Å². The molecular formula is C7H20N4Si. The van der Waals surface area contributed by atoms with Crippen molar-refractivity contribution in [1.29, 1.82) is 0 Å². The first kappa shape index (κ1) is 11.8. The van der Waals surface area contributed by atoms with Crippen molar-refractivity contribution in [3.05, 3.63) is 12.7 Å². The van der Waals surface area contributed by atoms with E-state index in [1.54, 1.807) is 0 Å². The van der Waals surface area contributed by atoms with Gasteiger partial charge in [-0.1, -0.05) is 6.08 Å². The van der Waals surface area contributed by atoms with Crippen LogP contribution in [0.3, 0.4) is 0 Å². The molecule has 0 aliphatic heterocycles. The second kappa shape index (κ2) is 6.33. The molecule has 0 saturated carbocycles. The van der Waals surface area contributed by atoms with E-state index in [2.05, 4.69) is 16.8 Å².